The molecule has 0 aromatic carbocycles. The predicted molar refractivity (Wildman–Crippen MR) is 93.4 cm³/mol. The second-order valence-electron chi connectivity index (χ2n) is 7.16. The van der Waals surface area contributed by atoms with E-state index in [1.807, 2.05) is 13.8 Å². The number of nitrogens with one attached hydrogen (secondary N) is 1. The zero-order valence-electron chi connectivity index (χ0n) is 15.5. The molecule has 10 heteroatoms. The molecule has 10 nitrogen and oxygen atoms in total. The quantitative estimate of drug-likeness (QED) is 0.705. The monoisotopic (exact) mass is 367 g/mol. The molecule has 2 amide bonds. The Hall–Kier alpha value is -1.78. The number of aliphatic hydroxyl groups excluding tert-OH is 1. The molecule has 2 N–H and O–H groups in total. The number of aliphatic hydroxyl groups is 1. The van der Waals surface area contributed by atoms with Gasteiger partial charge in [0.2, 0.25) is 0 Å². The Morgan fingerprint density at radius 1 is 1.31 bits per heavy atom. The maximum absolute atomic E-state index is 12.7. The van der Waals surface area contributed by atoms with Crippen LogP contribution in [-0.2, 0) is 11.3 Å². The van der Waals surface area contributed by atoms with Crippen LogP contribution in [0.2, 0.25) is 0 Å². The smallest absolute Gasteiger partial charge is 0.318 e. The van der Waals surface area contributed by atoms with Gasteiger partial charge in [0, 0.05) is 25.7 Å². The fraction of sp³-hybridized carbons (Fsp3) is 0.875. The van der Waals surface area contributed by atoms with Crippen molar-refractivity contribution < 1.29 is 14.6 Å². The molecule has 3 rings (SSSR count). The second kappa shape index (κ2) is 8.74. The normalized spacial score (nSPS) is 24.4. The molecule has 2 atom stereocenters. The van der Waals surface area contributed by atoms with Gasteiger partial charge in [-0.3, -0.25) is 4.90 Å². The number of hydrogen-bond donors (Lipinski definition) is 2. The third-order valence-corrected chi connectivity index (χ3v) is 4.95. The number of aromatic nitrogens is 4. The molecule has 0 saturated carbocycles. The number of hydrogen-bond acceptors (Lipinski definition) is 7. The summed E-state index contributed by atoms with van der Waals surface area (Å²) in [5.74, 6) is 0.688. The minimum Gasteiger partial charge on any atom is -0.394 e. The van der Waals surface area contributed by atoms with Gasteiger partial charge in [-0.05, 0) is 37.1 Å². The van der Waals surface area contributed by atoms with Gasteiger partial charge in [-0.2, -0.15) is 0 Å². The lowest BCUT2D eigenvalue weighted by atomic mass is 10.2. The summed E-state index contributed by atoms with van der Waals surface area (Å²) in [6.07, 6.45) is 1.48. The summed E-state index contributed by atoms with van der Waals surface area (Å²) >= 11 is 0. The van der Waals surface area contributed by atoms with Crippen LogP contribution < -0.4 is 5.32 Å². The van der Waals surface area contributed by atoms with Crippen LogP contribution in [0.15, 0.2) is 0 Å². The van der Waals surface area contributed by atoms with E-state index in [0.29, 0.717) is 12.4 Å². The first-order chi connectivity index (χ1) is 12.6. The number of urea groups is 1. The number of ether oxygens (including phenoxy) is 1. The lowest BCUT2D eigenvalue weighted by molar-refractivity contribution is 0.0356. The Morgan fingerprint density at radius 3 is 2.77 bits per heavy atom. The van der Waals surface area contributed by atoms with E-state index in [2.05, 4.69) is 25.7 Å². The maximum atomic E-state index is 12.7. The fourth-order valence-electron chi connectivity index (χ4n) is 3.61. The number of rotatable bonds is 6. The van der Waals surface area contributed by atoms with E-state index in [1.54, 1.807) is 9.58 Å². The SMILES string of the molecule is CC(C)NC(=O)N1[C@H](CO)CC[C@H]1c1nnnn1CCN1CCOCC1. The van der Waals surface area contributed by atoms with E-state index in [1.165, 1.54) is 0 Å². The van der Waals surface area contributed by atoms with Crippen LogP contribution in [0.25, 0.3) is 0 Å². The van der Waals surface area contributed by atoms with E-state index >= 15 is 0 Å². The lowest BCUT2D eigenvalue weighted by Crippen LogP contribution is -2.48. The average molecular weight is 367 g/mol. The van der Waals surface area contributed by atoms with Gasteiger partial charge >= 0.3 is 6.03 Å². The van der Waals surface area contributed by atoms with Crippen LogP contribution in [0.3, 0.4) is 0 Å². The van der Waals surface area contributed by atoms with Gasteiger partial charge in [-0.25, -0.2) is 9.48 Å². The minimum absolute atomic E-state index is 0.0282. The molecule has 1 aromatic rings. The predicted octanol–water partition coefficient (Wildman–Crippen LogP) is -0.379. The lowest BCUT2D eigenvalue weighted by Gasteiger charge is -2.30. The Labute approximate surface area is 153 Å². The van der Waals surface area contributed by atoms with Crippen molar-refractivity contribution >= 4 is 6.03 Å². The van der Waals surface area contributed by atoms with E-state index in [4.69, 9.17) is 4.74 Å². The van der Waals surface area contributed by atoms with E-state index in [9.17, 15) is 9.90 Å². The summed E-state index contributed by atoms with van der Waals surface area (Å²) in [5.41, 5.74) is 0. The average Bonchev–Trinajstić information content (AvgIpc) is 3.26. The molecule has 0 spiro atoms. The zero-order chi connectivity index (χ0) is 18.5. The molecule has 2 saturated heterocycles. The fourth-order valence-corrected chi connectivity index (χ4v) is 3.61. The van der Waals surface area contributed by atoms with Crippen LogP contribution in [-0.4, -0.2) is 92.7 Å². The van der Waals surface area contributed by atoms with Crippen molar-refractivity contribution in [3.05, 3.63) is 5.82 Å². The number of amides is 2. The molecular weight excluding hydrogens is 338 g/mol. The molecule has 0 aliphatic carbocycles. The minimum atomic E-state index is -0.217. The molecule has 26 heavy (non-hydrogen) atoms. The van der Waals surface area contributed by atoms with Gasteiger partial charge in [-0.1, -0.05) is 0 Å². The molecule has 0 bridgehead atoms. The number of likely N-dealkylation sites (tertiary alicyclic amines) is 1. The first kappa shape index (κ1) is 19.0. The Bertz CT molecular complexity index is 588. The third-order valence-electron chi connectivity index (χ3n) is 4.95. The van der Waals surface area contributed by atoms with Crippen molar-refractivity contribution in [2.75, 3.05) is 39.5 Å². The van der Waals surface area contributed by atoms with Crippen molar-refractivity contribution in [2.45, 2.75) is 51.4 Å². The highest BCUT2D eigenvalue weighted by Gasteiger charge is 2.40. The highest BCUT2D eigenvalue weighted by atomic mass is 16.5. The molecule has 2 aliphatic heterocycles. The van der Waals surface area contributed by atoms with Crippen molar-refractivity contribution in [3.8, 4) is 0 Å². The van der Waals surface area contributed by atoms with Crippen LogP contribution in [0.4, 0.5) is 4.79 Å². The van der Waals surface area contributed by atoms with Crippen LogP contribution in [0.1, 0.15) is 38.6 Å². The summed E-state index contributed by atoms with van der Waals surface area (Å²) in [6, 6.07) is -0.571. The summed E-state index contributed by atoms with van der Waals surface area (Å²) in [6.45, 7) is 8.63. The van der Waals surface area contributed by atoms with Gasteiger partial charge in [0.1, 0.15) is 0 Å². The molecule has 146 valence electrons. The first-order valence-corrected chi connectivity index (χ1v) is 9.36. The topological polar surface area (TPSA) is 109 Å². The number of tetrazole rings is 1. The number of carbonyl (C=O) groups excluding carboxylic acids is 1. The van der Waals surface area contributed by atoms with Gasteiger partial charge in [0.05, 0.1) is 38.4 Å². The summed E-state index contributed by atoms with van der Waals surface area (Å²) in [4.78, 5) is 16.7. The molecule has 3 heterocycles. The number of carbonyl (C=O) groups is 1. The van der Waals surface area contributed by atoms with Crippen molar-refractivity contribution in [3.63, 3.8) is 0 Å². The number of nitrogens with zero attached hydrogens (tertiary/aromatic N) is 6. The van der Waals surface area contributed by atoms with Gasteiger partial charge in [-0.15, -0.1) is 5.10 Å². The molecule has 1 aromatic heterocycles. The van der Waals surface area contributed by atoms with Crippen molar-refractivity contribution in [1.29, 1.82) is 0 Å². The summed E-state index contributed by atoms with van der Waals surface area (Å²) in [5, 5.41) is 24.8. The van der Waals surface area contributed by atoms with Gasteiger partial charge < -0.3 is 20.1 Å². The largest absolute Gasteiger partial charge is 0.394 e. The molecule has 2 aliphatic rings. The van der Waals surface area contributed by atoms with Gasteiger partial charge in [0.25, 0.3) is 0 Å². The Balaban J connectivity index is 1.70. The Kier molecular flexibility index (Phi) is 6.38. The van der Waals surface area contributed by atoms with Crippen LogP contribution in [0.5, 0.6) is 0 Å². The molecule has 0 radical (unpaired) electrons. The summed E-state index contributed by atoms with van der Waals surface area (Å²) < 4.78 is 7.16. The van der Waals surface area contributed by atoms with Gasteiger partial charge in [0.15, 0.2) is 5.82 Å². The standard InChI is InChI=1S/C16H29N7O3/c1-12(2)17-16(25)23-13(11-24)3-4-14(23)15-18-19-20-22(15)6-5-21-7-9-26-10-8-21/h12-14,24H,3-11H2,1-2H3,(H,17,25)/t13-,14-/m0/s1. The second-order valence-corrected chi connectivity index (χ2v) is 7.16. The van der Waals surface area contributed by atoms with E-state index in [0.717, 1.165) is 45.7 Å². The highest BCUT2D eigenvalue weighted by Crippen LogP contribution is 2.34. The van der Waals surface area contributed by atoms with Crippen LogP contribution >= 0.6 is 0 Å². The molecule has 0 unspecified atom stereocenters. The van der Waals surface area contributed by atoms with Crippen molar-refractivity contribution in [1.82, 2.24) is 35.3 Å². The van der Waals surface area contributed by atoms with E-state index in [-0.39, 0.29) is 30.8 Å². The molecule has 2 fully saturated rings. The first-order valence-electron chi connectivity index (χ1n) is 9.36. The zero-order valence-corrected chi connectivity index (χ0v) is 15.5. The molecular formula is C16H29N7O3. The van der Waals surface area contributed by atoms with Crippen LogP contribution in [0, 0.1) is 0 Å². The Morgan fingerprint density at radius 2 is 2.08 bits per heavy atom. The summed E-state index contributed by atoms with van der Waals surface area (Å²) in [7, 11) is 0. The van der Waals surface area contributed by atoms with Crippen molar-refractivity contribution in [2.24, 2.45) is 0 Å². The highest BCUT2D eigenvalue weighted by molar-refractivity contribution is 5.75. The third kappa shape index (κ3) is 4.30. The van der Waals surface area contributed by atoms with E-state index < -0.39 is 0 Å². The number of morpholine rings is 1. The maximum Gasteiger partial charge on any atom is 0.318 e.